The quantitative estimate of drug-likeness (QED) is 0.718. The Kier molecular flexibility index (Phi) is 3.77. The van der Waals surface area contributed by atoms with E-state index in [1.165, 1.54) is 0 Å². The van der Waals surface area contributed by atoms with Gasteiger partial charge in [0.1, 0.15) is 19.8 Å². The largest absolute Gasteiger partial charge is 0.545 e. The topological polar surface area (TPSA) is 104 Å². The third-order valence-electron chi connectivity index (χ3n) is 4.25. The van der Waals surface area contributed by atoms with Gasteiger partial charge >= 0.3 is 0 Å². The molecule has 1 aliphatic rings. The second-order valence-corrected chi connectivity index (χ2v) is 5.83. The number of ether oxygens (including phenoxy) is 2. The van der Waals surface area contributed by atoms with Crippen LogP contribution in [0.3, 0.4) is 0 Å². The van der Waals surface area contributed by atoms with E-state index in [9.17, 15) is 9.90 Å². The summed E-state index contributed by atoms with van der Waals surface area (Å²) in [5.74, 6) is 1.09. The summed E-state index contributed by atoms with van der Waals surface area (Å²) in [5.41, 5.74) is 6.85. The van der Waals surface area contributed by atoms with Crippen LogP contribution in [0.1, 0.15) is 21.7 Å². The molecule has 0 radical (unpaired) electrons. The summed E-state index contributed by atoms with van der Waals surface area (Å²) in [7, 11) is 0. The molecule has 3 N–H and O–H groups in total. The Morgan fingerprint density at radius 3 is 2.48 bits per heavy atom. The molecule has 128 valence electrons. The Morgan fingerprint density at radius 2 is 1.84 bits per heavy atom. The van der Waals surface area contributed by atoms with Crippen molar-refractivity contribution in [2.75, 3.05) is 13.2 Å². The highest BCUT2D eigenvalue weighted by atomic mass is 16.6. The van der Waals surface area contributed by atoms with E-state index >= 15 is 0 Å². The maximum Gasteiger partial charge on any atom is 0.165 e. The van der Waals surface area contributed by atoms with Crippen LogP contribution in [0.25, 0.3) is 11.0 Å². The number of aromatic carboxylic acids is 1. The maximum atomic E-state index is 10.9. The van der Waals surface area contributed by atoms with E-state index in [-0.39, 0.29) is 5.56 Å². The Hall–Kier alpha value is -3.06. The van der Waals surface area contributed by atoms with Crippen LogP contribution in [0.15, 0.2) is 36.4 Å². The molecule has 7 nitrogen and oxygen atoms in total. The molecule has 3 aromatic rings. The first-order valence-corrected chi connectivity index (χ1v) is 8.04. The van der Waals surface area contributed by atoms with Crippen LogP contribution >= 0.6 is 0 Å². The molecule has 0 unspecified atom stereocenters. The normalized spacial score (nSPS) is 13.2. The Labute approximate surface area is 143 Å². The standard InChI is InChI=1S/C18H17N3O4/c19-9-17-20-13-7-15-16(25-6-5-24-15)8-14(13)21(17)10-11-1-3-12(4-2-11)18(22)23/h1-4,7-8H,5-6,9-10,19H2,(H,22,23). The lowest BCUT2D eigenvalue weighted by molar-refractivity contribution is -0.388. The minimum atomic E-state index is -1.18. The third-order valence-corrected chi connectivity index (χ3v) is 4.25. The molecular weight excluding hydrogens is 322 g/mol. The summed E-state index contributed by atoms with van der Waals surface area (Å²) in [4.78, 5) is 15.5. The van der Waals surface area contributed by atoms with Crippen LogP contribution in [-0.4, -0.2) is 28.7 Å². The number of imidazole rings is 1. The second-order valence-electron chi connectivity index (χ2n) is 5.83. The zero-order valence-corrected chi connectivity index (χ0v) is 13.5. The van der Waals surface area contributed by atoms with Crippen LogP contribution in [0.4, 0.5) is 0 Å². The monoisotopic (exact) mass is 339 g/mol. The second kappa shape index (κ2) is 6.10. The minimum absolute atomic E-state index is 0.163. The van der Waals surface area contributed by atoms with Crippen molar-refractivity contribution < 1.29 is 25.1 Å². The van der Waals surface area contributed by atoms with Gasteiger partial charge in [0.2, 0.25) is 0 Å². The van der Waals surface area contributed by atoms with Crippen molar-refractivity contribution in [3.8, 4) is 11.5 Å². The molecule has 0 spiro atoms. The van der Waals surface area contributed by atoms with Crippen molar-refractivity contribution in [2.45, 2.75) is 13.1 Å². The predicted octanol–water partition coefficient (Wildman–Crippen LogP) is -0.0388. The van der Waals surface area contributed by atoms with Gasteiger partial charge in [0, 0.05) is 18.7 Å². The fraction of sp³-hybridized carbons (Fsp3) is 0.222. The van der Waals surface area contributed by atoms with Crippen molar-refractivity contribution in [3.05, 3.63) is 53.3 Å². The van der Waals surface area contributed by atoms with E-state index in [0.717, 1.165) is 22.4 Å². The lowest BCUT2D eigenvalue weighted by atomic mass is 10.1. The highest BCUT2D eigenvalue weighted by molar-refractivity contribution is 5.85. The Balaban J connectivity index is 1.75. The number of nitrogens with zero attached hydrogens (tertiary/aromatic N) is 2. The van der Waals surface area contributed by atoms with Crippen molar-refractivity contribution in [1.29, 1.82) is 0 Å². The zero-order valence-electron chi connectivity index (χ0n) is 13.5. The van der Waals surface area contributed by atoms with E-state index in [1.807, 2.05) is 12.1 Å². The summed E-state index contributed by atoms with van der Waals surface area (Å²) < 4.78 is 13.3. The molecule has 0 saturated heterocycles. The maximum absolute atomic E-state index is 10.9. The van der Waals surface area contributed by atoms with Gasteiger partial charge in [-0.25, -0.2) is 4.98 Å². The average molecular weight is 339 g/mol. The van der Waals surface area contributed by atoms with E-state index in [0.29, 0.717) is 37.8 Å². The van der Waals surface area contributed by atoms with Crippen molar-refractivity contribution in [2.24, 2.45) is 0 Å². The van der Waals surface area contributed by atoms with E-state index in [4.69, 9.17) is 9.47 Å². The Bertz CT molecular complexity index is 947. The van der Waals surface area contributed by atoms with Crippen LogP contribution in [0.2, 0.25) is 0 Å². The fourth-order valence-electron chi connectivity index (χ4n) is 3.01. The number of carboxylic acids is 1. The average Bonchev–Trinajstić information content (AvgIpc) is 2.97. The summed E-state index contributed by atoms with van der Waals surface area (Å²) >= 11 is 0. The SMILES string of the molecule is [NH3+]Cc1nc2cc3c(cc2n1Cc1ccc(C(=O)[O-])cc1)OCCO3. The number of carbonyl (C=O) groups is 1. The lowest BCUT2D eigenvalue weighted by Gasteiger charge is -2.18. The van der Waals surface area contributed by atoms with Gasteiger partial charge in [-0.15, -0.1) is 0 Å². The van der Waals surface area contributed by atoms with Gasteiger partial charge < -0.3 is 29.7 Å². The van der Waals surface area contributed by atoms with Crippen LogP contribution in [-0.2, 0) is 13.1 Å². The van der Waals surface area contributed by atoms with Gasteiger partial charge in [-0.3, -0.25) is 0 Å². The van der Waals surface area contributed by atoms with Crippen molar-refractivity contribution in [1.82, 2.24) is 9.55 Å². The number of hydrogen-bond donors (Lipinski definition) is 1. The highest BCUT2D eigenvalue weighted by Gasteiger charge is 2.18. The van der Waals surface area contributed by atoms with Gasteiger partial charge in [0.05, 0.1) is 17.0 Å². The van der Waals surface area contributed by atoms with Gasteiger partial charge in [-0.1, -0.05) is 24.3 Å². The molecular formula is C18H17N3O4. The van der Waals surface area contributed by atoms with Crippen LogP contribution in [0, 0.1) is 0 Å². The van der Waals surface area contributed by atoms with Gasteiger partial charge in [-0.2, -0.15) is 0 Å². The minimum Gasteiger partial charge on any atom is -0.545 e. The van der Waals surface area contributed by atoms with E-state index in [2.05, 4.69) is 15.3 Å². The number of carbonyl (C=O) groups excluding carboxylic acids is 1. The first-order chi connectivity index (χ1) is 12.2. The smallest absolute Gasteiger partial charge is 0.165 e. The molecule has 2 aromatic carbocycles. The van der Waals surface area contributed by atoms with Crippen molar-refractivity contribution >= 4 is 17.0 Å². The number of quaternary nitrogens is 1. The fourth-order valence-corrected chi connectivity index (χ4v) is 3.01. The number of hydrogen-bond acceptors (Lipinski definition) is 5. The first-order valence-electron chi connectivity index (χ1n) is 8.04. The summed E-state index contributed by atoms with van der Waals surface area (Å²) in [6.45, 7) is 2.16. The molecule has 7 heteroatoms. The van der Waals surface area contributed by atoms with Gasteiger partial charge in [0.15, 0.2) is 17.3 Å². The number of benzene rings is 2. The lowest BCUT2D eigenvalue weighted by Crippen LogP contribution is -2.48. The summed E-state index contributed by atoms with van der Waals surface area (Å²) in [6, 6.07) is 10.5. The molecule has 2 heterocycles. The number of aromatic nitrogens is 2. The van der Waals surface area contributed by atoms with E-state index < -0.39 is 5.97 Å². The molecule has 25 heavy (non-hydrogen) atoms. The third kappa shape index (κ3) is 2.78. The molecule has 0 fully saturated rings. The first kappa shape index (κ1) is 15.5. The van der Waals surface area contributed by atoms with Gasteiger partial charge in [0.25, 0.3) is 0 Å². The van der Waals surface area contributed by atoms with E-state index in [1.54, 1.807) is 24.3 Å². The molecule has 1 aliphatic heterocycles. The molecule has 0 aliphatic carbocycles. The molecule has 1 aromatic heterocycles. The van der Waals surface area contributed by atoms with Crippen LogP contribution in [0.5, 0.6) is 11.5 Å². The Morgan fingerprint density at radius 1 is 1.16 bits per heavy atom. The molecule has 0 atom stereocenters. The van der Waals surface area contributed by atoms with Gasteiger partial charge in [-0.05, 0) is 11.1 Å². The zero-order chi connectivity index (χ0) is 17.4. The molecule has 4 rings (SSSR count). The van der Waals surface area contributed by atoms with Crippen molar-refractivity contribution in [3.63, 3.8) is 0 Å². The highest BCUT2D eigenvalue weighted by Crippen LogP contribution is 2.35. The summed E-state index contributed by atoms with van der Waals surface area (Å²) in [5, 5.41) is 10.9. The molecule has 0 bridgehead atoms. The number of rotatable bonds is 4. The number of fused-ring (bicyclic) bond motifs is 2. The predicted molar refractivity (Wildman–Crippen MR) is 87.2 cm³/mol. The van der Waals surface area contributed by atoms with Crippen LogP contribution < -0.4 is 20.3 Å². The molecule has 0 amide bonds. The molecule has 0 saturated carbocycles. The summed E-state index contributed by atoms with van der Waals surface area (Å²) in [6.07, 6.45) is 0. The number of carboxylic acid groups (broad SMARTS) is 1.